The summed E-state index contributed by atoms with van der Waals surface area (Å²) in [5, 5.41) is 0. The van der Waals surface area contributed by atoms with Crippen molar-refractivity contribution in [2.45, 2.75) is 13.3 Å². The Morgan fingerprint density at radius 3 is 2.23 bits per heavy atom. The zero-order valence-corrected chi connectivity index (χ0v) is 19.5. The van der Waals surface area contributed by atoms with Crippen molar-refractivity contribution in [2.24, 2.45) is 0 Å². The number of rotatable bonds is 9. The van der Waals surface area contributed by atoms with Crippen LogP contribution in [0, 0.1) is 3.57 Å². The Morgan fingerprint density at radius 2 is 1.58 bits per heavy atom. The number of esters is 1. The summed E-state index contributed by atoms with van der Waals surface area (Å²) in [5.74, 6) is 0.191. The Hall–Kier alpha value is -2.87. The lowest BCUT2D eigenvalue weighted by molar-refractivity contribution is 0.0474. The van der Waals surface area contributed by atoms with Crippen LogP contribution in [-0.2, 0) is 4.74 Å². The molecule has 0 aliphatic carbocycles. The Bertz CT molecular complexity index is 1050. The summed E-state index contributed by atoms with van der Waals surface area (Å²) in [6.07, 6.45) is 0.859. The van der Waals surface area contributed by atoms with E-state index in [0.717, 1.165) is 21.1 Å². The van der Waals surface area contributed by atoms with Gasteiger partial charge in [0, 0.05) is 5.56 Å². The lowest BCUT2D eigenvalue weighted by Crippen LogP contribution is -2.14. The molecule has 5 nitrogen and oxygen atoms in total. The summed E-state index contributed by atoms with van der Waals surface area (Å²) in [7, 11) is 1.52. The Labute approximate surface area is 195 Å². The largest absolute Gasteiger partial charge is 0.493 e. The fourth-order valence-corrected chi connectivity index (χ4v) is 3.72. The molecule has 0 atom stereocenters. The normalized spacial score (nSPS) is 10.4. The van der Waals surface area contributed by atoms with Crippen LogP contribution in [0.1, 0.15) is 34.1 Å². The minimum absolute atomic E-state index is 0.266. The fraction of sp³-hybridized carbons (Fsp3) is 0.200. The number of hydrogen-bond donors (Lipinski definition) is 0. The number of benzene rings is 3. The molecule has 0 heterocycles. The van der Waals surface area contributed by atoms with Crippen LogP contribution in [-0.4, -0.2) is 32.1 Å². The molecule has 0 bridgehead atoms. The van der Waals surface area contributed by atoms with Gasteiger partial charge in [-0.3, -0.25) is 4.79 Å². The first-order valence-corrected chi connectivity index (χ1v) is 11.0. The first-order valence-electron chi connectivity index (χ1n) is 9.89. The van der Waals surface area contributed by atoms with Gasteiger partial charge in [0.1, 0.15) is 0 Å². The third kappa shape index (κ3) is 5.85. The highest BCUT2D eigenvalue weighted by Gasteiger charge is 2.18. The van der Waals surface area contributed by atoms with E-state index in [0.29, 0.717) is 29.2 Å². The molecule has 3 aromatic carbocycles. The van der Waals surface area contributed by atoms with Crippen molar-refractivity contribution in [3.8, 4) is 22.6 Å². The number of hydrogen-bond acceptors (Lipinski definition) is 5. The number of Topliss-reactive ketones (excluding diaryl/α,β-unsaturated/α-hetero) is 1. The second kappa shape index (κ2) is 10.9. The van der Waals surface area contributed by atoms with Crippen molar-refractivity contribution in [3.63, 3.8) is 0 Å². The number of methoxy groups -OCH3 is 1. The van der Waals surface area contributed by atoms with E-state index in [1.165, 1.54) is 7.11 Å². The first-order chi connectivity index (χ1) is 15.0. The third-order valence-corrected chi connectivity index (χ3v) is 5.37. The minimum atomic E-state index is -0.590. The number of halogens is 1. The van der Waals surface area contributed by atoms with E-state index >= 15 is 0 Å². The van der Waals surface area contributed by atoms with Crippen LogP contribution in [0.15, 0.2) is 66.7 Å². The summed E-state index contributed by atoms with van der Waals surface area (Å²) >= 11 is 2.09. The highest BCUT2D eigenvalue weighted by Crippen LogP contribution is 2.34. The van der Waals surface area contributed by atoms with Crippen molar-refractivity contribution in [2.75, 3.05) is 20.3 Å². The standard InChI is InChI=1S/C25H23IO5/c1-3-13-30-24-21(26)14-20(15-23(24)29-2)25(28)31-16-22(27)19-11-9-18(10-12-19)17-7-5-4-6-8-17/h4-12,14-15H,3,13,16H2,1-2H3. The molecule has 0 aromatic heterocycles. The summed E-state index contributed by atoms with van der Waals surface area (Å²) in [5.41, 5.74) is 2.88. The lowest BCUT2D eigenvalue weighted by atomic mass is 10.0. The van der Waals surface area contributed by atoms with Crippen LogP contribution in [0.25, 0.3) is 11.1 Å². The molecule has 0 fully saturated rings. The van der Waals surface area contributed by atoms with E-state index in [1.807, 2.05) is 49.4 Å². The molecule has 0 aliphatic heterocycles. The first kappa shape index (κ1) is 22.8. The SMILES string of the molecule is CCCOc1c(I)cc(C(=O)OCC(=O)c2ccc(-c3ccccc3)cc2)cc1OC. The van der Waals surface area contributed by atoms with E-state index in [-0.39, 0.29) is 12.4 Å². The third-order valence-electron chi connectivity index (χ3n) is 4.56. The smallest absolute Gasteiger partial charge is 0.338 e. The van der Waals surface area contributed by atoms with Crippen molar-refractivity contribution in [1.29, 1.82) is 0 Å². The molecule has 3 aromatic rings. The summed E-state index contributed by atoms with van der Waals surface area (Å²) in [4.78, 5) is 25.0. The second-order valence-corrected chi connectivity index (χ2v) is 7.94. The molecule has 3 rings (SSSR count). The Balaban J connectivity index is 1.65. The molecule has 0 saturated carbocycles. The molecule has 0 saturated heterocycles. The molecule has 0 amide bonds. The van der Waals surface area contributed by atoms with Gasteiger partial charge in [-0.05, 0) is 52.3 Å². The van der Waals surface area contributed by atoms with Gasteiger partial charge >= 0.3 is 5.97 Å². The average Bonchev–Trinajstić information content (AvgIpc) is 2.81. The van der Waals surface area contributed by atoms with Crippen LogP contribution in [0.4, 0.5) is 0 Å². The van der Waals surface area contributed by atoms with Gasteiger partial charge in [0.2, 0.25) is 0 Å². The summed E-state index contributed by atoms with van der Waals surface area (Å²) < 4.78 is 17.0. The van der Waals surface area contributed by atoms with Crippen LogP contribution < -0.4 is 9.47 Å². The van der Waals surface area contributed by atoms with Gasteiger partial charge in [0.15, 0.2) is 23.9 Å². The second-order valence-electron chi connectivity index (χ2n) is 6.78. The predicted molar refractivity (Wildman–Crippen MR) is 128 cm³/mol. The Kier molecular flexibility index (Phi) is 8.06. The molecule has 0 N–H and O–H groups in total. The number of ketones is 1. The van der Waals surface area contributed by atoms with E-state index < -0.39 is 5.97 Å². The van der Waals surface area contributed by atoms with Gasteiger partial charge < -0.3 is 14.2 Å². The number of carbonyl (C=O) groups excluding carboxylic acids is 2. The Morgan fingerprint density at radius 1 is 0.903 bits per heavy atom. The van der Waals surface area contributed by atoms with Crippen molar-refractivity contribution in [1.82, 2.24) is 0 Å². The zero-order valence-electron chi connectivity index (χ0n) is 17.4. The lowest BCUT2D eigenvalue weighted by Gasteiger charge is -2.13. The topological polar surface area (TPSA) is 61.8 Å². The molecular formula is C25H23IO5. The van der Waals surface area contributed by atoms with Crippen molar-refractivity contribution < 1.29 is 23.8 Å². The average molecular weight is 530 g/mol. The molecular weight excluding hydrogens is 507 g/mol. The molecule has 6 heteroatoms. The maximum Gasteiger partial charge on any atom is 0.338 e. The van der Waals surface area contributed by atoms with Gasteiger partial charge in [0.05, 0.1) is 22.9 Å². The predicted octanol–water partition coefficient (Wildman–Crippen LogP) is 5.80. The maximum atomic E-state index is 12.5. The van der Waals surface area contributed by atoms with Gasteiger partial charge in [-0.2, -0.15) is 0 Å². The number of carbonyl (C=O) groups is 2. The molecule has 160 valence electrons. The van der Waals surface area contributed by atoms with Crippen LogP contribution >= 0.6 is 22.6 Å². The van der Waals surface area contributed by atoms with Gasteiger partial charge in [-0.1, -0.05) is 61.5 Å². The summed E-state index contributed by atoms with van der Waals surface area (Å²) in [6, 6.07) is 20.4. The molecule has 31 heavy (non-hydrogen) atoms. The summed E-state index contributed by atoms with van der Waals surface area (Å²) in [6.45, 7) is 2.22. The highest BCUT2D eigenvalue weighted by molar-refractivity contribution is 14.1. The quantitative estimate of drug-likeness (QED) is 0.199. The van der Waals surface area contributed by atoms with Crippen molar-refractivity contribution in [3.05, 3.63) is 81.4 Å². The number of ether oxygens (including phenoxy) is 3. The fourth-order valence-electron chi connectivity index (χ4n) is 2.96. The van der Waals surface area contributed by atoms with Crippen LogP contribution in [0.5, 0.6) is 11.5 Å². The van der Waals surface area contributed by atoms with Crippen LogP contribution in [0.3, 0.4) is 0 Å². The van der Waals surface area contributed by atoms with E-state index in [4.69, 9.17) is 14.2 Å². The molecule has 0 spiro atoms. The van der Waals surface area contributed by atoms with Crippen molar-refractivity contribution >= 4 is 34.3 Å². The molecule has 0 radical (unpaired) electrons. The monoisotopic (exact) mass is 530 g/mol. The van der Waals surface area contributed by atoms with Gasteiger partial charge in [0.25, 0.3) is 0 Å². The molecule has 0 aliphatic rings. The maximum absolute atomic E-state index is 12.5. The highest BCUT2D eigenvalue weighted by atomic mass is 127. The van der Waals surface area contributed by atoms with Gasteiger partial charge in [-0.25, -0.2) is 4.79 Å². The van der Waals surface area contributed by atoms with Gasteiger partial charge in [-0.15, -0.1) is 0 Å². The van der Waals surface area contributed by atoms with Crippen LogP contribution in [0.2, 0.25) is 0 Å². The zero-order chi connectivity index (χ0) is 22.2. The van der Waals surface area contributed by atoms with E-state index in [2.05, 4.69) is 22.6 Å². The molecule has 0 unspecified atom stereocenters. The van der Waals surface area contributed by atoms with E-state index in [9.17, 15) is 9.59 Å². The van der Waals surface area contributed by atoms with E-state index in [1.54, 1.807) is 24.3 Å². The minimum Gasteiger partial charge on any atom is -0.493 e.